The van der Waals surface area contributed by atoms with E-state index < -0.39 is 25.6 Å². The van der Waals surface area contributed by atoms with Crippen LogP contribution in [0.15, 0.2) is 81.4 Å². The summed E-state index contributed by atoms with van der Waals surface area (Å²) in [4.78, 5) is -0.314. The number of aromatic hydroxyl groups is 1. The van der Waals surface area contributed by atoms with Crippen LogP contribution in [-0.2, 0) is 19.9 Å². The summed E-state index contributed by atoms with van der Waals surface area (Å²) in [5.41, 5.74) is 1.38. The van der Waals surface area contributed by atoms with Gasteiger partial charge in [-0.05, 0) is 55.8 Å². The number of sulfone groups is 1. The SMILES string of the molecule is Cc1ccc(S(=O)(=O)Nc2cc(S(=O)(=O)c3ccccc3)c(O)cc2C)cc1. The van der Waals surface area contributed by atoms with Crippen LogP contribution in [0.2, 0.25) is 0 Å². The predicted molar refractivity (Wildman–Crippen MR) is 107 cm³/mol. The second-order valence-electron chi connectivity index (χ2n) is 6.37. The number of sulfonamides is 1. The number of phenols is 1. The summed E-state index contributed by atoms with van der Waals surface area (Å²) in [5, 5.41) is 10.2. The lowest BCUT2D eigenvalue weighted by molar-refractivity contribution is 0.458. The highest BCUT2D eigenvalue weighted by molar-refractivity contribution is 7.93. The second-order valence-corrected chi connectivity index (χ2v) is 9.97. The van der Waals surface area contributed by atoms with Crippen LogP contribution in [0.25, 0.3) is 0 Å². The first-order valence-corrected chi connectivity index (χ1v) is 11.3. The molecule has 0 atom stereocenters. The van der Waals surface area contributed by atoms with Gasteiger partial charge in [0.1, 0.15) is 10.6 Å². The molecule has 0 saturated heterocycles. The molecule has 28 heavy (non-hydrogen) atoms. The van der Waals surface area contributed by atoms with E-state index in [0.29, 0.717) is 5.56 Å². The zero-order valence-corrected chi connectivity index (χ0v) is 16.9. The molecule has 0 spiro atoms. The van der Waals surface area contributed by atoms with Gasteiger partial charge in [-0.25, -0.2) is 16.8 Å². The summed E-state index contributed by atoms with van der Waals surface area (Å²) in [6.07, 6.45) is 0. The number of rotatable bonds is 5. The summed E-state index contributed by atoms with van der Waals surface area (Å²) in [6, 6.07) is 16.3. The van der Waals surface area contributed by atoms with Gasteiger partial charge in [-0.2, -0.15) is 0 Å². The first-order chi connectivity index (χ1) is 13.1. The minimum atomic E-state index is -4.02. The lowest BCUT2D eigenvalue weighted by Crippen LogP contribution is -2.14. The molecule has 0 aliphatic rings. The number of hydrogen-bond acceptors (Lipinski definition) is 5. The van der Waals surface area contributed by atoms with E-state index in [9.17, 15) is 21.9 Å². The van der Waals surface area contributed by atoms with Gasteiger partial charge in [0.15, 0.2) is 0 Å². The second kappa shape index (κ2) is 7.29. The summed E-state index contributed by atoms with van der Waals surface area (Å²) >= 11 is 0. The van der Waals surface area contributed by atoms with Gasteiger partial charge in [-0.1, -0.05) is 35.9 Å². The fourth-order valence-electron chi connectivity index (χ4n) is 2.65. The molecule has 0 amide bonds. The van der Waals surface area contributed by atoms with Crippen LogP contribution in [0.3, 0.4) is 0 Å². The van der Waals surface area contributed by atoms with E-state index in [1.54, 1.807) is 37.3 Å². The van der Waals surface area contributed by atoms with E-state index in [0.717, 1.165) is 11.6 Å². The largest absolute Gasteiger partial charge is 0.507 e. The molecular formula is C20H19NO5S2. The third-order valence-corrected chi connectivity index (χ3v) is 7.40. The zero-order chi connectivity index (χ0) is 20.5. The van der Waals surface area contributed by atoms with Gasteiger partial charge >= 0.3 is 0 Å². The van der Waals surface area contributed by atoms with Crippen LogP contribution in [-0.4, -0.2) is 21.9 Å². The lowest BCUT2D eigenvalue weighted by atomic mass is 10.2. The molecule has 3 aromatic carbocycles. The molecule has 3 rings (SSSR count). The van der Waals surface area contributed by atoms with Crippen molar-refractivity contribution >= 4 is 25.5 Å². The Hall–Kier alpha value is -2.84. The van der Waals surface area contributed by atoms with E-state index in [1.165, 1.54) is 30.3 Å². The molecule has 0 bridgehead atoms. The molecule has 0 heterocycles. The van der Waals surface area contributed by atoms with Crippen molar-refractivity contribution in [3.8, 4) is 5.75 Å². The van der Waals surface area contributed by atoms with E-state index in [4.69, 9.17) is 0 Å². The van der Waals surface area contributed by atoms with Crippen LogP contribution in [0.4, 0.5) is 5.69 Å². The molecule has 3 aromatic rings. The third kappa shape index (κ3) is 3.88. The molecule has 146 valence electrons. The number of benzene rings is 3. The molecule has 6 nitrogen and oxygen atoms in total. The highest BCUT2D eigenvalue weighted by Crippen LogP contribution is 2.34. The van der Waals surface area contributed by atoms with Crippen LogP contribution in [0, 0.1) is 13.8 Å². The summed E-state index contributed by atoms with van der Waals surface area (Å²) in [6.45, 7) is 3.42. The van der Waals surface area contributed by atoms with Gasteiger partial charge in [0.25, 0.3) is 10.0 Å². The smallest absolute Gasteiger partial charge is 0.261 e. The Kier molecular flexibility index (Phi) is 5.18. The van der Waals surface area contributed by atoms with Gasteiger partial charge < -0.3 is 5.11 Å². The minimum Gasteiger partial charge on any atom is -0.507 e. The van der Waals surface area contributed by atoms with Crippen LogP contribution in [0.1, 0.15) is 11.1 Å². The number of phenolic OH excluding ortho intramolecular Hbond substituents is 1. The predicted octanol–water partition coefficient (Wildman–Crippen LogP) is 3.64. The summed E-state index contributed by atoms with van der Waals surface area (Å²) < 4.78 is 53.4. The van der Waals surface area contributed by atoms with Gasteiger partial charge in [-0.3, -0.25) is 4.72 Å². The highest BCUT2D eigenvalue weighted by Gasteiger charge is 2.24. The topological polar surface area (TPSA) is 101 Å². The maximum absolute atomic E-state index is 12.9. The number of anilines is 1. The fourth-order valence-corrected chi connectivity index (χ4v) is 5.14. The van der Waals surface area contributed by atoms with E-state index in [2.05, 4.69) is 4.72 Å². The van der Waals surface area contributed by atoms with Crippen molar-refractivity contribution in [2.75, 3.05) is 4.72 Å². The number of nitrogens with one attached hydrogen (secondary N) is 1. The molecule has 0 radical (unpaired) electrons. The molecule has 8 heteroatoms. The number of hydrogen-bond donors (Lipinski definition) is 2. The molecule has 2 N–H and O–H groups in total. The average Bonchev–Trinajstić information content (AvgIpc) is 2.65. The molecular weight excluding hydrogens is 398 g/mol. The Labute approximate surface area is 164 Å². The first-order valence-electron chi connectivity index (χ1n) is 8.34. The Morgan fingerprint density at radius 2 is 1.39 bits per heavy atom. The van der Waals surface area contributed by atoms with Crippen molar-refractivity contribution in [1.82, 2.24) is 0 Å². The van der Waals surface area contributed by atoms with Crippen molar-refractivity contribution < 1.29 is 21.9 Å². The quantitative estimate of drug-likeness (QED) is 0.617. The number of aryl methyl sites for hydroxylation is 2. The molecule has 0 aliphatic heterocycles. The minimum absolute atomic E-state index is 0.00138. The van der Waals surface area contributed by atoms with E-state index in [-0.39, 0.29) is 20.4 Å². The van der Waals surface area contributed by atoms with Crippen molar-refractivity contribution in [3.05, 3.63) is 77.9 Å². The van der Waals surface area contributed by atoms with E-state index >= 15 is 0 Å². The van der Waals surface area contributed by atoms with E-state index in [1.807, 2.05) is 6.92 Å². The van der Waals surface area contributed by atoms with Crippen molar-refractivity contribution in [2.24, 2.45) is 0 Å². The first kappa shape index (κ1) is 19.9. The Balaban J connectivity index is 2.06. The van der Waals surface area contributed by atoms with Crippen LogP contribution in [0.5, 0.6) is 5.75 Å². The molecule has 0 aromatic heterocycles. The monoisotopic (exact) mass is 417 g/mol. The Morgan fingerprint density at radius 3 is 2.00 bits per heavy atom. The molecule has 0 unspecified atom stereocenters. The van der Waals surface area contributed by atoms with Gasteiger partial charge in [0.05, 0.1) is 15.5 Å². The molecule has 0 saturated carbocycles. The van der Waals surface area contributed by atoms with Crippen LogP contribution < -0.4 is 4.72 Å². The normalized spacial score (nSPS) is 11.9. The maximum atomic E-state index is 12.9. The summed E-state index contributed by atoms with van der Waals surface area (Å²) in [5.74, 6) is -0.445. The Morgan fingerprint density at radius 1 is 0.786 bits per heavy atom. The van der Waals surface area contributed by atoms with Gasteiger partial charge in [-0.15, -0.1) is 0 Å². The zero-order valence-electron chi connectivity index (χ0n) is 15.2. The van der Waals surface area contributed by atoms with Gasteiger partial charge in [0, 0.05) is 0 Å². The maximum Gasteiger partial charge on any atom is 0.261 e. The van der Waals surface area contributed by atoms with Crippen LogP contribution >= 0.6 is 0 Å². The van der Waals surface area contributed by atoms with Gasteiger partial charge in [0.2, 0.25) is 9.84 Å². The molecule has 0 fully saturated rings. The van der Waals surface area contributed by atoms with Crippen molar-refractivity contribution in [2.45, 2.75) is 28.5 Å². The highest BCUT2D eigenvalue weighted by atomic mass is 32.2. The average molecular weight is 418 g/mol. The standard InChI is InChI=1S/C20H19NO5S2/c1-14-8-10-17(11-9-14)28(25,26)21-18-13-20(19(22)12-15(18)2)27(23,24)16-6-4-3-5-7-16/h3-13,21-22H,1-2H3. The lowest BCUT2D eigenvalue weighted by Gasteiger charge is -2.14. The Bertz CT molecular complexity index is 1220. The van der Waals surface area contributed by atoms with Crippen molar-refractivity contribution in [1.29, 1.82) is 0 Å². The summed E-state index contributed by atoms with van der Waals surface area (Å²) in [7, 11) is -7.94. The molecule has 0 aliphatic carbocycles. The van der Waals surface area contributed by atoms with Crippen molar-refractivity contribution in [3.63, 3.8) is 0 Å². The third-order valence-electron chi connectivity index (χ3n) is 4.22. The fraction of sp³-hybridized carbons (Fsp3) is 0.100.